The molecule has 31 heavy (non-hydrogen) atoms. The van der Waals surface area contributed by atoms with Crippen molar-refractivity contribution in [3.05, 3.63) is 78.1 Å². The van der Waals surface area contributed by atoms with Crippen LogP contribution in [0.15, 0.2) is 66.9 Å². The molecular formula is C26H29N3O2. The Morgan fingerprint density at radius 3 is 2.48 bits per heavy atom. The van der Waals surface area contributed by atoms with Crippen molar-refractivity contribution < 1.29 is 10.2 Å². The molecule has 160 valence electrons. The Bertz CT molecular complexity index is 1140. The van der Waals surface area contributed by atoms with Gasteiger partial charge in [0, 0.05) is 30.2 Å². The highest BCUT2D eigenvalue weighted by Crippen LogP contribution is 2.35. The van der Waals surface area contributed by atoms with Crippen LogP contribution >= 0.6 is 0 Å². The van der Waals surface area contributed by atoms with Crippen LogP contribution in [0, 0.1) is 6.92 Å². The Balaban J connectivity index is 1.43. The number of hydrogen-bond acceptors (Lipinski definition) is 4. The summed E-state index contributed by atoms with van der Waals surface area (Å²) in [5.74, 6) is 0.545. The third-order valence-corrected chi connectivity index (χ3v) is 5.71. The molecular weight excluding hydrogens is 386 g/mol. The van der Waals surface area contributed by atoms with Crippen LogP contribution in [0.4, 0.5) is 0 Å². The van der Waals surface area contributed by atoms with Crippen LogP contribution in [0.25, 0.3) is 22.2 Å². The van der Waals surface area contributed by atoms with Crippen molar-refractivity contribution in [3.8, 4) is 22.8 Å². The number of phenols is 2. The Kier molecular flexibility index (Phi) is 6.53. The van der Waals surface area contributed by atoms with Crippen LogP contribution in [0.1, 0.15) is 30.5 Å². The summed E-state index contributed by atoms with van der Waals surface area (Å²) < 4.78 is 2.35. The van der Waals surface area contributed by atoms with Crippen molar-refractivity contribution in [1.82, 2.24) is 14.9 Å². The van der Waals surface area contributed by atoms with Gasteiger partial charge in [0.25, 0.3) is 0 Å². The van der Waals surface area contributed by atoms with E-state index in [4.69, 9.17) is 0 Å². The molecule has 0 aliphatic carbocycles. The number of hydrogen-bond donors (Lipinski definition) is 3. The molecule has 0 saturated carbocycles. The molecule has 2 aromatic carbocycles. The lowest BCUT2D eigenvalue weighted by atomic mass is 10.1. The van der Waals surface area contributed by atoms with E-state index in [0.29, 0.717) is 0 Å². The second-order valence-corrected chi connectivity index (χ2v) is 7.93. The van der Waals surface area contributed by atoms with Gasteiger partial charge in [-0.05, 0) is 92.0 Å². The van der Waals surface area contributed by atoms with Gasteiger partial charge in [0.2, 0.25) is 0 Å². The van der Waals surface area contributed by atoms with Gasteiger partial charge in [-0.25, -0.2) is 0 Å². The third kappa shape index (κ3) is 4.89. The van der Waals surface area contributed by atoms with E-state index in [1.807, 2.05) is 48.7 Å². The van der Waals surface area contributed by atoms with Gasteiger partial charge >= 0.3 is 0 Å². The standard InChI is InChI=1S/C26H29N3O2/c1-19-24-17-23(31)12-13-25(24)29(26(19)20-8-10-22(30)11-9-20)16-6-2-4-14-27-18-21-7-3-5-15-28-21/h3,5,7-13,15,17,27,30-31H,2,4,6,14,16,18H2,1H3. The summed E-state index contributed by atoms with van der Waals surface area (Å²) in [5, 5.41) is 24.2. The quantitative estimate of drug-likeness (QED) is 0.321. The first-order chi connectivity index (χ1) is 15.1. The summed E-state index contributed by atoms with van der Waals surface area (Å²) in [6.45, 7) is 4.78. The number of aryl methyl sites for hydroxylation is 2. The molecule has 5 heteroatoms. The van der Waals surface area contributed by atoms with Gasteiger partial charge in [-0.2, -0.15) is 0 Å². The molecule has 5 nitrogen and oxygen atoms in total. The Labute approximate surface area is 183 Å². The summed E-state index contributed by atoms with van der Waals surface area (Å²) in [6.07, 6.45) is 5.13. The van der Waals surface area contributed by atoms with Crippen LogP contribution in [0.5, 0.6) is 11.5 Å². The average Bonchev–Trinajstić information content (AvgIpc) is 3.05. The minimum absolute atomic E-state index is 0.264. The van der Waals surface area contributed by atoms with Crippen LogP contribution in [0.3, 0.4) is 0 Å². The minimum Gasteiger partial charge on any atom is -0.508 e. The lowest BCUT2D eigenvalue weighted by molar-refractivity contribution is 0.475. The zero-order valence-corrected chi connectivity index (χ0v) is 17.9. The minimum atomic E-state index is 0.264. The molecule has 0 aliphatic rings. The third-order valence-electron chi connectivity index (χ3n) is 5.71. The Hall–Kier alpha value is -3.31. The van der Waals surface area contributed by atoms with E-state index in [1.165, 1.54) is 0 Å². The lowest BCUT2D eigenvalue weighted by Gasteiger charge is -2.12. The molecule has 4 rings (SSSR count). The Morgan fingerprint density at radius 1 is 0.903 bits per heavy atom. The summed E-state index contributed by atoms with van der Waals surface area (Å²) >= 11 is 0. The molecule has 2 heterocycles. The van der Waals surface area contributed by atoms with Gasteiger partial charge in [0.05, 0.1) is 11.4 Å². The molecule has 0 fully saturated rings. The van der Waals surface area contributed by atoms with Crippen molar-refractivity contribution >= 4 is 10.9 Å². The lowest BCUT2D eigenvalue weighted by Crippen LogP contribution is -2.15. The number of nitrogens with one attached hydrogen (secondary N) is 1. The van der Waals surface area contributed by atoms with Crippen LogP contribution in [-0.4, -0.2) is 26.3 Å². The average molecular weight is 416 g/mol. The molecule has 0 amide bonds. The fraction of sp³-hybridized carbons (Fsp3) is 0.269. The maximum Gasteiger partial charge on any atom is 0.116 e. The van der Waals surface area contributed by atoms with Gasteiger partial charge in [-0.1, -0.05) is 12.5 Å². The molecule has 0 atom stereocenters. The molecule has 2 aromatic heterocycles. The summed E-state index contributed by atoms with van der Waals surface area (Å²) in [4.78, 5) is 4.33. The number of benzene rings is 2. The topological polar surface area (TPSA) is 70.3 Å². The molecule has 4 aromatic rings. The molecule has 0 spiro atoms. The first-order valence-electron chi connectivity index (χ1n) is 10.9. The second-order valence-electron chi connectivity index (χ2n) is 7.93. The van der Waals surface area contributed by atoms with Gasteiger partial charge in [-0.15, -0.1) is 0 Å². The van der Waals surface area contributed by atoms with Crippen molar-refractivity contribution in [1.29, 1.82) is 0 Å². The van der Waals surface area contributed by atoms with E-state index in [0.717, 1.165) is 72.3 Å². The summed E-state index contributed by atoms with van der Waals surface area (Å²) in [5.41, 5.74) is 5.57. The zero-order valence-electron chi connectivity index (χ0n) is 17.9. The highest BCUT2D eigenvalue weighted by molar-refractivity contribution is 5.92. The van der Waals surface area contributed by atoms with Crippen molar-refractivity contribution in [2.75, 3.05) is 6.54 Å². The zero-order chi connectivity index (χ0) is 21.6. The van der Waals surface area contributed by atoms with Crippen molar-refractivity contribution in [3.63, 3.8) is 0 Å². The summed E-state index contributed by atoms with van der Waals surface area (Å²) in [7, 11) is 0. The Morgan fingerprint density at radius 2 is 1.71 bits per heavy atom. The van der Waals surface area contributed by atoms with Gasteiger partial charge in [0.15, 0.2) is 0 Å². The number of fused-ring (bicyclic) bond motifs is 1. The van der Waals surface area contributed by atoms with Crippen LogP contribution < -0.4 is 5.32 Å². The normalized spacial score (nSPS) is 11.3. The predicted octanol–water partition coefficient (Wildman–Crippen LogP) is 5.38. The highest BCUT2D eigenvalue weighted by atomic mass is 16.3. The van der Waals surface area contributed by atoms with E-state index in [2.05, 4.69) is 21.8 Å². The monoisotopic (exact) mass is 415 g/mol. The van der Waals surface area contributed by atoms with E-state index in [1.54, 1.807) is 18.2 Å². The first kappa shape index (κ1) is 20.9. The molecule has 0 unspecified atom stereocenters. The number of phenolic OH excluding ortho intramolecular Hbond substituents is 2. The largest absolute Gasteiger partial charge is 0.508 e. The van der Waals surface area contributed by atoms with E-state index in [9.17, 15) is 10.2 Å². The number of pyridine rings is 1. The fourth-order valence-corrected chi connectivity index (χ4v) is 4.15. The predicted molar refractivity (Wildman–Crippen MR) is 125 cm³/mol. The van der Waals surface area contributed by atoms with Gasteiger partial charge in [-0.3, -0.25) is 4.98 Å². The van der Waals surface area contributed by atoms with Crippen molar-refractivity contribution in [2.45, 2.75) is 39.3 Å². The number of aromatic nitrogens is 2. The highest BCUT2D eigenvalue weighted by Gasteiger charge is 2.16. The van der Waals surface area contributed by atoms with E-state index >= 15 is 0 Å². The maximum absolute atomic E-state index is 9.99. The number of aromatic hydroxyl groups is 2. The molecule has 0 aliphatic heterocycles. The maximum atomic E-state index is 9.99. The van der Waals surface area contributed by atoms with Gasteiger partial charge in [0.1, 0.15) is 11.5 Å². The number of nitrogens with zero attached hydrogens (tertiary/aromatic N) is 2. The van der Waals surface area contributed by atoms with E-state index in [-0.39, 0.29) is 11.5 Å². The SMILES string of the molecule is Cc1c(-c2ccc(O)cc2)n(CCCCCNCc2ccccn2)c2ccc(O)cc12. The van der Waals surface area contributed by atoms with E-state index < -0.39 is 0 Å². The number of unbranched alkanes of at least 4 members (excludes halogenated alkanes) is 2. The van der Waals surface area contributed by atoms with Crippen LogP contribution in [-0.2, 0) is 13.1 Å². The first-order valence-corrected chi connectivity index (χ1v) is 10.9. The number of rotatable bonds is 9. The molecule has 0 radical (unpaired) electrons. The van der Waals surface area contributed by atoms with Crippen LogP contribution in [0.2, 0.25) is 0 Å². The summed E-state index contributed by atoms with van der Waals surface area (Å²) in [6, 6.07) is 18.9. The molecule has 3 N–H and O–H groups in total. The smallest absolute Gasteiger partial charge is 0.116 e. The molecule has 0 bridgehead atoms. The molecule has 0 saturated heterocycles. The fourth-order valence-electron chi connectivity index (χ4n) is 4.15. The van der Waals surface area contributed by atoms with Crippen molar-refractivity contribution in [2.24, 2.45) is 0 Å². The van der Waals surface area contributed by atoms with Gasteiger partial charge < -0.3 is 20.1 Å². The second kappa shape index (κ2) is 9.67.